The number of hydrogen-bond donors (Lipinski definition) is 0. The zero-order valence-corrected chi connectivity index (χ0v) is 9.35. The van der Waals surface area contributed by atoms with Crippen LogP contribution < -0.4 is 0 Å². The van der Waals surface area contributed by atoms with Crippen molar-refractivity contribution in [2.45, 2.75) is 6.92 Å². The van der Waals surface area contributed by atoms with E-state index in [-0.39, 0.29) is 0 Å². The number of aryl methyl sites for hydroxylation is 1. The Balaban J connectivity index is 2.89. The van der Waals surface area contributed by atoms with E-state index in [4.69, 9.17) is 11.6 Å². The molecule has 0 radical (unpaired) electrons. The van der Waals surface area contributed by atoms with Crippen molar-refractivity contribution in [3.05, 3.63) is 39.5 Å². The van der Waals surface area contributed by atoms with Gasteiger partial charge in [-0.2, -0.15) is 0 Å². The maximum Gasteiger partial charge on any atom is 0.0728 e. The SMILES string of the molecule is Cc1cc2c(Br)ccnc2cc1Cl. The molecule has 1 heterocycles. The highest BCUT2D eigenvalue weighted by Gasteiger charge is 2.02. The van der Waals surface area contributed by atoms with Crippen LogP contribution >= 0.6 is 27.5 Å². The van der Waals surface area contributed by atoms with E-state index in [1.54, 1.807) is 6.20 Å². The molecule has 13 heavy (non-hydrogen) atoms. The average Bonchev–Trinajstić information content (AvgIpc) is 2.09. The first-order valence-electron chi connectivity index (χ1n) is 3.89. The van der Waals surface area contributed by atoms with Gasteiger partial charge in [0.1, 0.15) is 0 Å². The molecule has 2 aromatic rings. The zero-order valence-electron chi connectivity index (χ0n) is 7.01. The summed E-state index contributed by atoms with van der Waals surface area (Å²) >= 11 is 9.46. The molecule has 0 unspecified atom stereocenters. The summed E-state index contributed by atoms with van der Waals surface area (Å²) in [5.41, 5.74) is 1.99. The first-order valence-corrected chi connectivity index (χ1v) is 5.06. The van der Waals surface area contributed by atoms with Gasteiger partial charge in [0.2, 0.25) is 0 Å². The molecule has 1 aromatic carbocycles. The normalized spacial score (nSPS) is 10.7. The zero-order chi connectivity index (χ0) is 9.42. The summed E-state index contributed by atoms with van der Waals surface area (Å²) in [4.78, 5) is 4.23. The minimum atomic E-state index is 0.762. The molecule has 0 aliphatic heterocycles. The van der Waals surface area contributed by atoms with Gasteiger partial charge < -0.3 is 0 Å². The Morgan fingerprint density at radius 2 is 2.15 bits per heavy atom. The predicted molar refractivity (Wildman–Crippen MR) is 59.2 cm³/mol. The van der Waals surface area contributed by atoms with Gasteiger partial charge in [-0.3, -0.25) is 4.98 Å². The number of pyridine rings is 1. The van der Waals surface area contributed by atoms with E-state index in [2.05, 4.69) is 20.9 Å². The minimum Gasteiger partial charge on any atom is -0.256 e. The molecule has 1 nitrogen and oxygen atoms in total. The molecule has 0 atom stereocenters. The fourth-order valence-electron chi connectivity index (χ4n) is 1.24. The lowest BCUT2D eigenvalue weighted by Gasteiger charge is -2.02. The largest absolute Gasteiger partial charge is 0.256 e. The highest BCUT2D eigenvalue weighted by molar-refractivity contribution is 9.10. The van der Waals surface area contributed by atoms with E-state index in [0.29, 0.717) is 0 Å². The van der Waals surface area contributed by atoms with E-state index in [1.165, 1.54) is 0 Å². The molecule has 0 amide bonds. The average molecular weight is 257 g/mol. The summed E-state index contributed by atoms with van der Waals surface area (Å²) in [7, 11) is 0. The summed E-state index contributed by atoms with van der Waals surface area (Å²) < 4.78 is 1.05. The van der Waals surface area contributed by atoms with Gasteiger partial charge in [0.25, 0.3) is 0 Å². The third-order valence-electron chi connectivity index (χ3n) is 1.97. The maximum atomic E-state index is 5.98. The number of fused-ring (bicyclic) bond motifs is 1. The fourth-order valence-corrected chi connectivity index (χ4v) is 1.84. The van der Waals surface area contributed by atoms with Gasteiger partial charge in [-0.15, -0.1) is 0 Å². The van der Waals surface area contributed by atoms with Gasteiger partial charge in [0, 0.05) is 21.1 Å². The Labute approximate surface area is 89.9 Å². The Kier molecular flexibility index (Phi) is 2.26. The Morgan fingerprint density at radius 1 is 1.38 bits per heavy atom. The molecule has 0 N–H and O–H groups in total. The van der Waals surface area contributed by atoms with Crippen LogP contribution in [0, 0.1) is 6.92 Å². The molecule has 0 saturated heterocycles. The van der Waals surface area contributed by atoms with Crippen LogP contribution in [0.5, 0.6) is 0 Å². The first kappa shape index (κ1) is 8.97. The third-order valence-corrected chi connectivity index (χ3v) is 3.07. The lowest BCUT2D eigenvalue weighted by Crippen LogP contribution is -1.82. The van der Waals surface area contributed by atoms with Crippen molar-refractivity contribution in [3.63, 3.8) is 0 Å². The first-order chi connectivity index (χ1) is 6.18. The van der Waals surface area contributed by atoms with Gasteiger partial charge in [0.15, 0.2) is 0 Å². The van der Waals surface area contributed by atoms with Gasteiger partial charge in [-0.1, -0.05) is 27.5 Å². The summed E-state index contributed by atoms with van der Waals surface area (Å²) in [6, 6.07) is 5.85. The summed E-state index contributed by atoms with van der Waals surface area (Å²) in [6.07, 6.45) is 1.76. The van der Waals surface area contributed by atoms with Crippen LogP contribution in [0.25, 0.3) is 10.9 Å². The smallest absolute Gasteiger partial charge is 0.0728 e. The molecule has 3 heteroatoms. The number of nitrogens with zero attached hydrogens (tertiary/aromatic N) is 1. The van der Waals surface area contributed by atoms with Crippen LogP contribution in [-0.4, -0.2) is 4.98 Å². The van der Waals surface area contributed by atoms with E-state index >= 15 is 0 Å². The molecule has 0 aliphatic carbocycles. The molecular weight excluding hydrogens is 249 g/mol. The molecular formula is C10H7BrClN. The summed E-state index contributed by atoms with van der Waals surface area (Å²) in [5.74, 6) is 0. The van der Waals surface area contributed by atoms with Crippen LogP contribution in [-0.2, 0) is 0 Å². The van der Waals surface area contributed by atoms with Crippen molar-refractivity contribution >= 4 is 38.4 Å². The van der Waals surface area contributed by atoms with Crippen LogP contribution in [0.4, 0.5) is 0 Å². The molecule has 0 fully saturated rings. The van der Waals surface area contributed by atoms with Crippen LogP contribution in [0.2, 0.25) is 5.02 Å². The van der Waals surface area contributed by atoms with Crippen molar-refractivity contribution in [2.24, 2.45) is 0 Å². The Morgan fingerprint density at radius 3 is 2.92 bits per heavy atom. The van der Waals surface area contributed by atoms with Crippen molar-refractivity contribution in [2.75, 3.05) is 0 Å². The van der Waals surface area contributed by atoms with Crippen molar-refractivity contribution in [1.29, 1.82) is 0 Å². The van der Waals surface area contributed by atoms with Crippen LogP contribution in [0.1, 0.15) is 5.56 Å². The lowest BCUT2D eigenvalue weighted by molar-refractivity contribution is 1.38. The standard InChI is InChI=1S/C10H7BrClN/c1-6-4-7-8(11)2-3-13-10(7)5-9(6)12/h2-5H,1H3. The van der Waals surface area contributed by atoms with E-state index in [0.717, 1.165) is 26.0 Å². The summed E-state index contributed by atoms with van der Waals surface area (Å²) in [5, 5.41) is 1.86. The van der Waals surface area contributed by atoms with Crippen molar-refractivity contribution in [1.82, 2.24) is 4.98 Å². The summed E-state index contributed by atoms with van der Waals surface area (Å²) in [6.45, 7) is 1.99. The van der Waals surface area contributed by atoms with E-state index < -0.39 is 0 Å². The fraction of sp³-hybridized carbons (Fsp3) is 0.100. The maximum absolute atomic E-state index is 5.98. The second kappa shape index (κ2) is 3.28. The minimum absolute atomic E-state index is 0.762. The molecule has 1 aromatic heterocycles. The monoisotopic (exact) mass is 255 g/mol. The van der Waals surface area contributed by atoms with Crippen molar-refractivity contribution < 1.29 is 0 Å². The second-order valence-corrected chi connectivity index (χ2v) is 4.17. The Hall–Kier alpha value is -0.600. The van der Waals surface area contributed by atoms with Crippen molar-refractivity contribution in [3.8, 4) is 0 Å². The van der Waals surface area contributed by atoms with Gasteiger partial charge >= 0.3 is 0 Å². The Bertz CT molecular complexity index is 468. The third kappa shape index (κ3) is 1.56. The predicted octanol–water partition coefficient (Wildman–Crippen LogP) is 3.96. The lowest BCUT2D eigenvalue weighted by atomic mass is 10.1. The number of aromatic nitrogens is 1. The van der Waals surface area contributed by atoms with Crippen LogP contribution in [0.15, 0.2) is 28.9 Å². The molecule has 0 aliphatic rings. The number of rotatable bonds is 0. The van der Waals surface area contributed by atoms with Gasteiger partial charge in [-0.25, -0.2) is 0 Å². The quantitative estimate of drug-likeness (QED) is 0.695. The molecule has 0 spiro atoms. The molecule has 2 rings (SSSR count). The highest BCUT2D eigenvalue weighted by Crippen LogP contribution is 2.27. The number of hydrogen-bond acceptors (Lipinski definition) is 1. The molecule has 0 saturated carbocycles. The topological polar surface area (TPSA) is 12.9 Å². The number of halogens is 2. The molecule has 66 valence electrons. The number of benzene rings is 1. The van der Waals surface area contributed by atoms with Gasteiger partial charge in [0.05, 0.1) is 5.52 Å². The highest BCUT2D eigenvalue weighted by atomic mass is 79.9. The second-order valence-electron chi connectivity index (χ2n) is 2.91. The van der Waals surface area contributed by atoms with Crippen LogP contribution in [0.3, 0.4) is 0 Å². The van der Waals surface area contributed by atoms with E-state index in [1.807, 2.05) is 25.1 Å². The molecule has 0 bridgehead atoms. The van der Waals surface area contributed by atoms with Gasteiger partial charge in [-0.05, 0) is 30.7 Å². The van der Waals surface area contributed by atoms with E-state index in [9.17, 15) is 0 Å².